The van der Waals surface area contributed by atoms with Crippen LogP contribution in [0, 0.1) is 10.1 Å². The van der Waals surface area contributed by atoms with Crippen LogP contribution in [0.25, 0.3) is 6.08 Å². The van der Waals surface area contributed by atoms with Gasteiger partial charge in [0.1, 0.15) is 17.5 Å². The molecule has 0 spiro atoms. The van der Waals surface area contributed by atoms with Gasteiger partial charge in [0.25, 0.3) is 11.2 Å². The molecule has 0 unspecified atom stereocenters. The fourth-order valence-electron chi connectivity index (χ4n) is 4.64. The van der Waals surface area contributed by atoms with Crippen LogP contribution in [0.1, 0.15) is 37.9 Å². The number of rotatable bonds is 9. The smallest absolute Gasteiger partial charge is 0.338 e. The number of thiazole rings is 1. The summed E-state index contributed by atoms with van der Waals surface area (Å²) in [7, 11) is 3.01. The monoisotopic (exact) mass is 633 g/mol. The fraction of sp³-hybridized carbons (Fsp3) is 0.233. The third-order valence-corrected chi connectivity index (χ3v) is 8.52. The number of carbonyl (C=O) groups is 1. The maximum Gasteiger partial charge on any atom is 0.338 e. The van der Waals surface area contributed by atoms with Gasteiger partial charge in [-0.2, -0.15) is 0 Å². The number of nitrogens with zero attached hydrogens (tertiary/aromatic N) is 5. The highest BCUT2D eigenvalue weighted by Crippen LogP contribution is 2.38. The molecule has 1 aliphatic rings. The van der Waals surface area contributed by atoms with Crippen molar-refractivity contribution in [3.8, 4) is 11.5 Å². The van der Waals surface area contributed by atoms with Crippen LogP contribution in [0.5, 0.6) is 11.5 Å². The molecular formula is C30H27N5O7S2. The van der Waals surface area contributed by atoms with Gasteiger partial charge in [0, 0.05) is 35.0 Å². The molecular weight excluding hydrogens is 606 g/mol. The fourth-order valence-corrected chi connectivity index (χ4v) is 6.47. The summed E-state index contributed by atoms with van der Waals surface area (Å²) in [6.07, 6.45) is 4.34. The van der Waals surface area contributed by atoms with Crippen LogP contribution in [-0.2, 0) is 9.53 Å². The number of hydrogen-bond acceptors (Lipinski definition) is 12. The van der Waals surface area contributed by atoms with Gasteiger partial charge in [-0.15, -0.1) is 0 Å². The molecule has 0 aliphatic carbocycles. The quantitative estimate of drug-likeness (QED) is 0.114. The van der Waals surface area contributed by atoms with Crippen molar-refractivity contribution in [2.24, 2.45) is 4.99 Å². The number of hydrogen-bond donors (Lipinski definition) is 0. The Morgan fingerprint density at radius 3 is 2.55 bits per heavy atom. The summed E-state index contributed by atoms with van der Waals surface area (Å²) in [6, 6.07) is 10.2. The standard InChI is InChI=1S/C30H27N5O7S2/c1-16(2)42-28(37)25-17(3)33-30-34(26(25)21-15-20(40-4)8-9-22(21)41-5)27(36)24(44-30)14-18-13-19(35(38)39)7-10-23(18)43-29-31-11-6-12-32-29/h6-16,26H,1-5H3/b24-14-/t26-/m1/s1. The zero-order valence-electron chi connectivity index (χ0n) is 24.3. The summed E-state index contributed by atoms with van der Waals surface area (Å²) in [5.74, 6) is 0.302. The van der Waals surface area contributed by atoms with Crippen LogP contribution >= 0.6 is 23.1 Å². The van der Waals surface area contributed by atoms with Crippen molar-refractivity contribution in [3.05, 3.63) is 107 Å². The molecule has 0 fully saturated rings. The number of carbonyl (C=O) groups excluding carboxylic acids is 1. The summed E-state index contributed by atoms with van der Waals surface area (Å²) in [6.45, 7) is 5.15. The van der Waals surface area contributed by atoms with Crippen LogP contribution in [-0.4, -0.2) is 45.8 Å². The van der Waals surface area contributed by atoms with E-state index in [1.165, 1.54) is 42.7 Å². The maximum atomic E-state index is 14.2. The van der Waals surface area contributed by atoms with Crippen molar-refractivity contribution in [2.45, 2.75) is 43.0 Å². The summed E-state index contributed by atoms with van der Waals surface area (Å²) >= 11 is 2.31. The lowest BCUT2D eigenvalue weighted by molar-refractivity contribution is -0.384. The second-order valence-corrected chi connectivity index (χ2v) is 11.8. The molecule has 2 aromatic heterocycles. The number of aromatic nitrogens is 3. The minimum Gasteiger partial charge on any atom is -0.497 e. The lowest BCUT2D eigenvalue weighted by atomic mass is 9.94. The molecule has 0 saturated carbocycles. The molecule has 1 aliphatic heterocycles. The van der Waals surface area contributed by atoms with Gasteiger partial charge in [0.15, 0.2) is 9.96 Å². The summed E-state index contributed by atoms with van der Waals surface area (Å²) in [5.41, 5.74) is 0.883. The topological polar surface area (TPSA) is 148 Å². The number of benzene rings is 2. The summed E-state index contributed by atoms with van der Waals surface area (Å²) < 4.78 is 18.4. The second-order valence-electron chi connectivity index (χ2n) is 9.76. The molecule has 0 N–H and O–H groups in total. The van der Waals surface area contributed by atoms with E-state index in [0.717, 1.165) is 11.3 Å². The number of nitro groups is 1. The minimum atomic E-state index is -0.957. The molecule has 226 valence electrons. The van der Waals surface area contributed by atoms with E-state index in [9.17, 15) is 19.7 Å². The predicted molar refractivity (Wildman–Crippen MR) is 164 cm³/mol. The number of non-ortho nitro benzene ring substituents is 1. The molecule has 12 nitrogen and oxygen atoms in total. The average Bonchev–Trinajstić information content (AvgIpc) is 3.30. The Morgan fingerprint density at radius 2 is 1.89 bits per heavy atom. The van der Waals surface area contributed by atoms with E-state index in [1.807, 2.05) is 0 Å². The third kappa shape index (κ3) is 6.12. The average molecular weight is 634 g/mol. The molecule has 0 amide bonds. The van der Waals surface area contributed by atoms with Crippen molar-refractivity contribution in [1.29, 1.82) is 0 Å². The lowest BCUT2D eigenvalue weighted by Crippen LogP contribution is -2.40. The van der Waals surface area contributed by atoms with Crippen LogP contribution in [0.3, 0.4) is 0 Å². The minimum absolute atomic E-state index is 0.143. The van der Waals surface area contributed by atoms with E-state index in [1.54, 1.807) is 69.6 Å². The Balaban J connectivity index is 1.75. The van der Waals surface area contributed by atoms with Crippen molar-refractivity contribution in [2.75, 3.05) is 14.2 Å². The van der Waals surface area contributed by atoms with Gasteiger partial charge in [-0.25, -0.2) is 19.8 Å². The molecule has 1 atom stereocenters. The van der Waals surface area contributed by atoms with Crippen molar-refractivity contribution in [3.63, 3.8) is 0 Å². The van der Waals surface area contributed by atoms with Gasteiger partial charge >= 0.3 is 5.97 Å². The third-order valence-electron chi connectivity index (χ3n) is 6.55. The van der Waals surface area contributed by atoms with Crippen LogP contribution in [0.15, 0.2) is 86.0 Å². The Labute approximate surface area is 259 Å². The van der Waals surface area contributed by atoms with Crippen molar-refractivity contribution < 1.29 is 23.9 Å². The first kappa shape index (κ1) is 30.6. The highest BCUT2D eigenvalue weighted by atomic mass is 32.2. The van der Waals surface area contributed by atoms with Gasteiger partial charge in [0.2, 0.25) is 0 Å². The molecule has 44 heavy (non-hydrogen) atoms. The normalized spacial score (nSPS) is 14.7. The summed E-state index contributed by atoms with van der Waals surface area (Å²) in [5, 5.41) is 12.1. The zero-order chi connectivity index (χ0) is 31.5. The SMILES string of the molecule is COc1ccc(OC)c([C@@H]2C(C(=O)OC(C)C)=C(C)N=c3s/c(=C\c4cc([N+](=O)[O-])ccc4Sc4ncccn4)c(=O)n32)c1. The Morgan fingerprint density at radius 1 is 1.14 bits per heavy atom. The predicted octanol–water partition coefficient (Wildman–Crippen LogP) is 4.05. The van der Waals surface area contributed by atoms with Gasteiger partial charge in [0.05, 0.1) is 41.0 Å². The first-order chi connectivity index (χ1) is 21.1. The Bertz CT molecular complexity index is 1970. The van der Waals surface area contributed by atoms with Crippen LogP contribution < -0.4 is 24.4 Å². The highest BCUT2D eigenvalue weighted by molar-refractivity contribution is 7.99. The van der Waals surface area contributed by atoms with Crippen molar-refractivity contribution in [1.82, 2.24) is 14.5 Å². The molecule has 3 heterocycles. The number of esters is 1. The van der Waals surface area contributed by atoms with Gasteiger partial charge < -0.3 is 14.2 Å². The van der Waals surface area contributed by atoms with Gasteiger partial charge in [-0.3, -0.25) is 19.5 Å². The molecule has 0 bridgehead atoms. The highest BCUT2D eigenvalue weighted by Gasteiger charge is 2.36. The maximum absolute atomic E-state index is 14.2. The van der Waals surface area contributed by atoms with E-state index < -0.39 is 28.6 Å². The molecule has 0 radical (unpaired) electrons. The first-order valence-electron chi connectivity index (χ1n) is 13.3. The van der Waals surface area contributed by atoms with E-state index >= 15 is 0 Å². The van der Waals surface area contributed by atoms with Crippen LogP contribution in [0.2, 0.25) is 0 Å². The van der Waals surface area contributed by atoms with Crippen molar-refractivity contribution >= 4 is 40.8 Å². The van der Waals surface area contributed by atoms with E-state index in [0.29, 0.717) is 43.2 Å². The number of ether oxygens (including phenoxy) is 3. The molecule has 5 rings (SSSR count). The Kier molecular flexibility index (Phi) is 8.92. The summed E-state index contributed by atoms with van der Waals surface area (Å²) in [4.78, 5) is 52.9. The lowest BCUT2D eigenvalue weighted by Gasteiger charge is -2.26. The molecule has 4 aromatic rings. The molecule has 14 heteroatoms. The molecule has 2 aromatic carbocycles. The number of allylic oxidation sites excluding steroid dienone is 1. The number of methoxy groups -OCH3 is 2. The first-order valence-corrected chi connectivity index (χ1v) is 14.9. The largest absolute Gasteiger partial charge is 0.497 e. The van der Waals surface area contributed by atoms with Gasteiger partial charge in [-0.1, -0.05) is 11.3 Å². The van der Waals surface area contributed by atoms with E-state index in [-0.39, 0.29) is 15.8 Å². The van der Waals surface area contributed by atoms with E-state index in [4.69, 9.17) is 14.2 Å². The number of nitro benzene ring substituents is 1. The van der Waals surface area contributed by atoms with E-state index in [2.05, 4.69) is 15.0 Å². The Hall–Kier alpha value is -4.82. The second kappa shape index (κ2) is 12.8. The van der Waals surface area contributed by atoms with Crippen LogP contribution in [0.4, 0.5) is 5.69 Å². The van der Waals surface area contributed by atoms with Gasteiger partial charge in [-0.05, 0) is 74.5 Å². The number of fused-ring (bicyclic) bond motifs is 1. The molecule has 0 saturated heterocycles. The zero-order valence-corrected chi connectivity index (χ0v) is 26.0.